The first-order valence-electron chi connectivity index (χ1n) is 6.96. The number of benzene rings is 1. The van der Waals surface area contributed by atoms with Crippen LogP contribution in [0.4, 0.5) is 5.69 Å². The van der Waals surface area contributed by atoms with Crippen LogP contribution in [0, 0.1) is 0 Å². The molecule has 5 nitrogen and oxygen atoms in total. The van der Waals surface area contributed by atoms with Crippen molar-refractivity contribution in [2.75, 3.05) is 32.0 Å². The third-order valence-electron chi connectivity index (χ3n) is 3.27. The van der Waals surface area contributed by atoms with E-state index in [0.717, 1.165) is 19.6 Å². The normalized spacial score (nSPS) is 13.4. The van der Waals surface area contributed by atoms with Crippen molar-refractivity contribution in [1.82, 2.24) is 9.62 Å². The molecule has 0 fully saturated rings. The Bertz CT molecular complexity index is 513. The number of hydrogen-bond acceptors (Lipinski definition) is 4. The monoisotopic (exact) mass is 299 g/mol. The van der Waals surface area contributed by atoms with Crippen molar-refractivity contribution in [2.24, 2.45) is 0 Å². The Morgan fingerprint density at radius 2 is 1.80 bits per heavy atom. The summed E-state index contributed by atoms with van der Waals surface area (Å²) in [6, 6.07) is 7.13. The van der Waals surface area contributed by atoms with Crippen LogP contribution in [0.5, 0.6) is 0 Å². The average molecular weight is 299 g/mol. The third-order valence-corrected chi connectivity index (χ3v) is 4.75. The van der Waals surface area contributed by atoms with Crippen LogP contribution in [0.3, 0.4) is 0 Å². The maximum absolute atomic E-state index is 12.0. The summed E-state index contributed by atoms with van der Waals surface area (Å²) in [5.74, 6) is 0. The number of sulfonamides is 1. The standard InChI is InChI=1S/C14H25N3O2S/c1-5-17(6-2)11-12(3)16-13-9-7-8-10-14(13)20(18,19)15-4/h7-10,12,15-16H,5-6,11H2,1-4H3. The molecule has 1 rings (SSSR count). The zero-order valence-corrected chi connectivity index (χ0v) is 13.5. The summed E-state index contributed by atoms with van der Waals surface area (Å²) < 4.78 is 26.3. The number of anilines is 1. The summed E-state index contributed by atoms with van der Waals surface area (Å²) in [6.07, 6.45) is 0. The lowest BCUT2D eigenvalue weighted by Gasteiger charge is -2.25. The Labute approximate surface area is 122 Å². The third kappa shape index (κ3) is 4.47. The molecule has 0 aliphatic heterocycles. The van der Waals surface area contributed by atoms with E-state index in [-0.39, 0.29) is 10.9 Å². The lowest BCUT2D eigenvalue weighted by molar-refractivity contribution is 0.294. The highest BCUT2D eigenvalue weighted by molar-refractivity contribution is 7.89. The van der Waals surface area contributed by atoms with Crippen LogP contribution in [0.2, 0.25) is 0 Å². The molecule has 6 heteroatoms. The van der Waals surface area contributed by atoms with Crippen molar-refractivity contribution in [2.45, 2.75) is 31.7 Å². The van der Waals surface area contributed by atoms with E-state index >= 15 is 0 Å². The van der Waals surface area contributed by atoms with Crippen LogP contribution in [0.15, 0.2) is 29.2 Å². The molecule has 0 saturated carbocycles. The highest BCUT2D eigenvalue weighted by atomic mass is 32.2. The van der Waals surface area contributed by atoms with E-state index in [1.807, 2.05) is 6.07 Å². The van der Waals surface area contributed by atoms with Gasteiger partial charge in [0.2, 0.25) is 10.0 Å². The molecule has 0 saturated heterocycles. The van der Waals surface area contributed by atoms with Crippen LogP contribution < -0.4 is 10.0 Å². The maximum atomic E-state index is 12.0. The molecule has 0 amide bonds. The fraction of sp³-hybridized carbons (Fsp3) is 0.571. The van der Waals surface area contributed by atoms with Crippen molar-refractivity contribution in [3.8, 4) is 0 Å². The van der Waals surface area contributed by atoms with Gasteiger partial charge in [-0.25, -0.2) is 13.1 Å². The minimum Gasteiger partial charge on any atom is -0.380 e. The lowest BCUT2D eigenvalue weighted by atomic mass is 10.2. The van der Waals surface area contributed by atoms with Crippen molar-refractivity contribution < 1.29 is 8.42 Å². The smallest absolute Gasteiger partial charge is 0.242 e. The van der Waals surface area contributed by atoms with Gasteiger partial charge in [0.25, 0.3) is 0 Å². The van der Waals surface area contributed by atoms with Gasteiger partial charge >= 0.3 is 0 Å². The molecule has 114 valence electrons. The van der Waals surface area contributed by atoms with Gasteiger partial charge in [0.1, 0.15) is 4.90 Å². The lowest BCUT2D eigenvalue weighted by Crippen LogP contribution is -2.35. The molecule has 0 spiro atoms. The van der Waals surface area contributed by atoms with E-state index in [2.05, 4.69) is 35.7 Å². The Kier molecular flexibility index (Phi) is 6.45. The number of rotatable bonds is 8. The molecule has 0 heterocycles. The molecule has 0 aliphatic rings. The largest absolute Gasteiger partial charge is 0.380 e. The van der Waals surface area contributed by atoms with E-state index in [1.54, 1.807) is 18.2 Å². The maximum Gasteiger partial charge on any atom is 0.242 e. The van der Waals surface area contributed by atoms with E-state index < -0.39 is 10.0 Å². The Morgan fingerprint density at radius 1 is 1.20 bits per heavy atom. The number of nitrogens with one attached hydrogen (secondary N) is 2. The minimum atomic E-state index is -3.44. The highest BCUT2D eigenvalue weighted by Gasteiger charge is 2.17. The second-order valence-electron chi connectivity index (χ2n) is 4.73. The molecule has 1 aromatic carbocycles. The number of likely N-dealkylation sites (N-methyl/N-ethyl adjacent to an activating group) is 1. The molecule has 0 radical (unpaired) electrons. The molecule has 0 aromatic heterocycles. The molecular formula is C14H25N3O2S. The zero-order chi connectivity index (χ0) is 15.2. The van der Waals surface area contributed by atoms with Crippen LogP contribution in [-0.4, -0.2) is 46.0 Å². The van der Waals surface area contributed by atoms with E-state index in [4.69, 9.17) is 0 Å². The quantitative estimate of drug-likeness (QED) is 0.767. The topological polar surface area (TPSA) is 61.4 Å². The Hall–Kier alpha value is -1.11. The van der Waals surface area contributed by atoms with Crippen LogP contribution in [-0.2, 0) is 10.0 Å². The van der Waals surface area contributed by atoms with Crippen LogP contribution in [0.25, 0.3) is 0 Å². The first-order valence-corrected chi connectivity index (χ1v) is 8.44. The summed E-state index contributed by atoms with van der Waals surface area (Å²) in [5.41, 5.74) is 0.640. The van der Waals surface area contributed by atoms with Gasteiger partial charge in [-0.3, -0.25) is 0 Å². The summed E-state index contributed by atoms with van der Waals surface area (Å²) in [5, 5.41) is 3.29. The van der Waals surface area contributed by atoms with Gasteiger partial charge in [-0.2, -0.15) is 0 Å². The average Bonchev–Trinajstić information content (AvgIpc) is 2.45. The fourth-order valence-electron chi connectivity index (χ4n) is 2.11. The van der Waals surface area contributed by atoms with Crippen molar-refractivity contribution >= 4 is 15.7 Å². The van der Waals surface area contributed by atoms with Gasteiger partial charge in [0.15, 0.2) is 0 Å². The van der Waals surface area contributed by atoms with Gasteiger partial charge < -0.3 is 10.2 Å². The van der Waals surface area contributed by atoms with Gasteiger partial charge in [-0.15, -0.1) is 0 Å². The Balaban J connectivity index is 2.88. The molecule has 1 unspecified atom stereocenters. The molecule has 2 N–H and O–H groups in total. The SMILES string of the molecule is CCN(CC)CC(C)Nc1ccccc1S(=O)(=O)NC. The highest BCUT2D eigenvalue weighted by Crippen LogP contribution is 2.21. The molecular weight excluding hydrogens is 274 g/mol. The molecule has 0 aliphatic carbocycles. The fourth-order valence-corrected chi connectivity index (χ4v) is 3.00. The predicted molar refractivity (Wildman–Crippen MR) is 83.6 cm³/mol. The summed E-state index contributed by atoms with van der Waals surface area (Å²) >= 11 is 0. The van der Waals surface area contributed by atoms with Crippen molar-refractivity contribution in [1.29, 1.82) is 0 Å². The summed E-state index contributed by atoms with van der Waals surface area (Å²) in [4.78, 5) is 2.58. The van der Waals surface area contributed by atoms with Gasteiger partial charge in [0.05, 0.1) is 5.69 Å². The van der Waals surface area contributed by atoms with Crippen molar-refractivity contribution in [3.05, 3.63) is 24.3 Å². The second kappa shape index (κ2) is 7.61. The molecule has 1 aromatic rings. The van der Waals surface area contributed by atoms with Gasteiger partial charge in [-0.05, 0) is 39.2 Å². The first-order chi connectivity index (χ1) is 9.44. The van der Waals surface area contributed by atoms with Crippen molar-refractivity contribution in [3.63, 3.8) is 0 Å². The van der Waals surface area contributed by atoms with Crippen LogP contribution in [0.1, 0.15) is 20.8 Å². The molecule has 1 atom stereocenters. The molecule has 20 heavy (non-hydrogen) atoms. The molecule has 0 bridgehead atoms. The van der Waals surface area contributed by atoms with E-state index in [9.17, 15) is 8.42 Å². The summed E-state index contributed by atoms with van der Waals surface area (Å²) in [6.45, 7) is 9.14. The van der Waals surface area contributed by atoms with Gasteiger partial charge in [0, 0.05) is 12.6 Å². The predicted octanol–water partition coefficient (Wildman–Crippen LogP) is 1.74. The van der Waals surface area contributed by atoms with E-state index in [1.165, 1.54) is 7.05 Å². The number of hydrogen-bond donors (Lipinski definition) is 2. The minimum absolute atomic E-state index is 0.170. The zero-order valence-electron chi connectivity index (χ0n) is 12.7. The number of para-hydroxylation sites is 1. The number of nitrogens with zero attached hydrogens (tertiary/aromatic N) is 1. The Morgan fingerprint density at radius 3 is 2.35 bits per heavy atom. The second-order valence-corrected chi connectivity index (χ2v) is 6.59. The van der Waals surface area contributed by atoms with Gasteiger partial charge in [-0.1, -0.05) is 26.0 Å². The van der Waals surface area contributed by atoms with Crippen LogP contribution >= 0.6 is 0 Å². The summed E-state index contributed by atoms with van der Waals surface area (Å²) in [7, 11) is -2.02. The first kappa shape index (κ1) is 16.9. The van der Waals surface area contributed by atoms with E-state index in [0.29, 0.717) is 5.69 Å².